The van der Waals surface area contributed by atoms with Crippen molar-refractivity contribution in [2.24, 2.45) is 0 Å². The first-order valence-electron chi connectivity index (χ1n) is 5.21. The van der Waals surface area contributed by atoms with Crippen LogP contribution in [0.4, 0.5) is 17.1 Å². The molecule has 0 saturated carbocycles. The van der Waals surface area contributed by atoms with Gasteiger partial charge in [0.2, 0.25) is 0 Å². The van der Waals surface area contributed by atoms with E-state index in [0.717, 1.165) is 5.69 Å². The van der Waals surface area contributed by atoms with Crippen LogP contribution in [0, 0.1) is 21.4 Å². The second kappa shape index (κ2) is 4.97. The summed E-state index contributed by atoms with van der Waals surface area (Å²) in [5.74, 6) is 0. The zero-order valence-electron chi connectivity index (χ0n) is 9.33. The third-order valence-electron chi connectivity index (χ3n) is 2.34. The Morgan fingerprint density at radius 2 is 1.78 bits per heavy atom. The fourth-order valence-electron chi connectivity index (χ4n) is 1.53. The van der Waals surface area contributed by atoms with Gasteiger partial charge < -0.3 is 5.32 Å². The van der Waals surface area contributed by atoms with Crippen LogP contribution in [0.15, 0.2) is 48.5 Å². The van der Waals surface area contributed by atoms with Crippen LogP contribution in [0.1, 0.15) is 5.56 Å². The quantitative estimate of drug-likeness (QED) is 0.658. The van der Waals surface area contributed by atoms with Gasteiger partial charge in [-0.3, -0.25) is 10.1 Å². The molecular formula is C13H9N3O2. The number of nitriles is 1. The predicted octanol–water partition coefficient (Wildman–Crippen LogP) is 3.21. The summed E-state index contributed by atoms with van der Waals surface area (Å²) in [5, 5.41) is 22.4. The van der Waals surface area contributed by atoms with Crippen LogP contribution in [0.5, 0.6) is 0 Å². The predicted molar refractivity (Wildman–Crippen MR) is 67.5 cm³/mol. The summed E-state index contributed by atoms with van der Waals surface area (Å²) in [4.78, 5) is 10.2. The number of non-ortho nitro benzene ring substituents is 1. The molecule has 0 unspecified atom stereocenters. The largest absolute Gasteiger partial charge is 0.355 e. The van der Waals surface area contributed by atoms with Gasteiger partial charge in [-0.1, -0.05) is 12.1 Å². The Kier molecular flexibility index (Phi) is 3.21. The van der Waals surface area contributed by atoms with Crippen LogP contribution in [-0.2, 0) is 0 Å². The highest BCUT2D eigenvalue weighted by molar-refractivity contribution is 5.63. The third kappa shape index (κ3) is 2.62. The average molecular weight is 239 g/mol. The maximum Gasteiger partial charge on any atom is 0.271 e. The molecule has 18 heavy (non-hydrogen) atoms. The molecule has 0 bridgehead atoms. The lowest BCUT2D eigenvalue weighted by Gasteiger charge is -2.06. The minimum Gasteiger partial charge on any atom is -0.355 e. The molecule has 5 heteroatoms. The number of nitro benzene ring substituents is 1. The van der Waals surface area contributed by atoms with Crippen molar-refractivity contribution < 1.29 is 4.92 Å². The maximum absolute atomic E-state index is 10.6. The van der Waals surface area contributed by atoms with E-state index in [9.17, 15) is 10.1 Å². The number of nitro groups is 1. The van der Waals surface area contributed by atoms with Crippen molar-refractivity contribution in [1.29, 1.82) is 5.26 Å². The van der Waals surface area contributed by atoms with E-state index in [2.05, 4.69) is 5.32 Å². The summed E-state index contributed by atoms with van der Waals surface area (Å²) in [6, 6.07) is 15.2. The monoisotopic (exact) mass is 239 g/mol. The van der Waals surface area contributed by atoms with E-state index < -0.39 is 4.92 Å². The Labute approximate surface area is 103 Å². The Bertz CT molecular complexity index is 632. The Morgan fingerprint density at radius 1 is 1.11 bits per heavy atom. The summed E-state index contributed by atoms with van der Waals surface area (Å²) in [6.45, 7) is 0. The minimum atomic E-state index is -0.448. The van der Waals surface area contributed by atoms with Crippen LogP contribution >= 0.6 is 0 Å². The molecule has 0 spiro atoms. The summed E-state index contributed by atoms with van der Waals surface area (Å²) < 4.78 is 0. The van der Waals surface area contributed by atoms with E-state index in [1.165, 1.54) is 12.1 Å². The summed E-state index contributed by atoms with van der Waals surface area (Å²) >= 11 is 0. The lowest BCUT2D eigenvalue weighted by Crippen LogP contribution is -1.93. The van der Waals surface area contributed by atoms with Crippen molar-refractivity contribution in [2.75, 3.05) is 5.32 Å². The van der Waals surface area contributed by atoms with Gasteiger partial charge in [0.05, 0.1) is 16.6 Å². The Hall–Kier alpha value is -2.87. The number of nitrogens with one attached hydrogen (secondary N) is 1. The number of nitrogens with zero attached hydrogens (tertiary/aromatic N) is 2. The van der Waals surface area contributed by atoms with Crippen molar-refractivity contribution >= 4 is 17.1 Å². The maximum atomic E-state index is 10.6. The highest BCUT2D eigenvalue weighted by Crippen LogP contribution is 2.21. The lowest BCUT2D eigenvalue weighted by atomic mass is 10.2. The van der Waals surface area contributed by atoms with E-state index in [1.807, 2.05) is 6.07 Å². The number of anilines is 2. The first-order chi connectivity index (χ1) is 8.69. The Morgan fingerprint density at radius 3 is 2.44 bits per heavy atom. The fourth-order valence-corrected chi connectivity index (χ4v) is 1.53. The van der Waals surface area contributed by atoms with Crippen LogP contribution in [-0.4, -0.2) is 4.92 Å². The van der Waals surface area contributed by atoms with E-state index in [1.54, 1.807) is 36.4 Å². The van der Waals surface area contributed by atoms with E-state index >= 15 is 0 Å². The molecule has 0 aromatic heterocycles. The van der Waals surface area contributed by atoms with Crippen LogP contribution in [0.2, 0.25) is 0 Å². The Balaban J connectivity index is 2.26. The van der Waals surface area contributed by atoms with Gasteiger partial charge >= 0.3 is 0 Å². The summed E-state index contributed by atoms with van der Waals surface area (Å²) in [5.41, 5.74) is 1.88. The van der Waals surface area contributed by atoms with Crippen molar-refractivity contribution in [2.45, 2.75) is 0 Å². The second-order valence-electron chi connectivity index (χ2n) is 3.63. The number of benzene rings is 2. The molecule has 0 amide bonds. The third-order valence-corrected chi connectivity index (χ3v) is 2.34. The van der Waals surface area contributed by atoms with Crippen molar-refractivity contribution in [1.82, 2.24) is 0 Å². The molecule has 0 heterocycles. The number of rotatable bonds is 3. The van der Waals surface area contributed by atoms with Gasteiger partial charge in [-0.05, 0) is 24.3 Å². The van der Waals surface area contributed by atoms with E-state index in [4.69, 9.17) is 5.26 Å². The van der Waals surface area contributed by atoms with Gasteiger partial charge in [-0.15, -0.1) is 0 Å². The molecule has 2 rings (SSSR count). The molecular weight excluding hydrogens is 230 g/mol. The number of hydrogen-bond acceptors (Lipinski definition) is 4. The molecule has 0 aliphatic heterocycles. The van der Waals surface area contributed by atoms with Crippen LogP contribution in [0.3, 0.4) is 0 Å². The lowest BCUT2D eigenvalue weighted by molar-refractivity contribution is -0.384. The van der Waals surface area contributed by atoms with Crippen molar-refractivity contribution in [3.63, 3.8) is 0 Å². The second-order valence-corrected chi connectivity index (χ2v) is 3.63. The SMILES string of the molecule is N#Cc1cccc(Nc2cccc([N+](=O)[O-])c2)c1. The molecule has 0 radical (unpaired) electrons. The molecule has 2 aromatic carbocycles. The van der Waals surface area contributed by atoms with Gasteiger partial charge in [-0.25, -0.2) is 0 Å². The molecule has 1 N–H and O–H groups in total. The summed E-state index contributed by atoms with van der Waals surface area (Å²) in [6.07, 6.45) is 0. The van der Waals surface area contributed by atoms with Gasteiger partial charge in [0.1, 0.15) is 0 Å². The molecule has 2 aromatic rings. The topological polar surface area (TPSA) is 79.0 Å². The normalized spacial score (nSPS) is 9.50. The van der Waals surface area contributed by atoms with Gasteiger partial charge in [-0.2, -0.15) is 5.26 Å². The molecule has 0 aliphatic carbocycles. The minimum absolute atomic E-state index is 0.0245. The molecule has 0 aliphatic rings. The zero-order valence-corrected chi connectivity index (χ0v) is 9.33. The smallest absolute Gasteiger partial charge is 0.271 e. The molecule has 0 saturated heterocycles. The van der Waals surface area contributed by atoms with E-state index in [-0.39, 0.29) is 5.69 Å². The van der Waals surface area contributed by atoms with E-state index in [0.29, 0.717) is 11.3 Å². The van der Waals surface area contributed by atoms with Gasteiger partial charge in [0, 0.05) is 23.5 Å². The average Bonchev–Trinajstić information content (AvgIpc) is 2.39. The standard InChI is InChI=1S/C13H9N3O2/c14-9-10-3-1-4-11(7-10)15-12-5-2-6-13(8-12)16(17)18/h1-8,15H. The summed E-state index contributed by atoms with van der Waals surface area (Å²) in [7, 11) is 0. The van der Waals surface area contributed by atoms with Crippen molar-refractivity contribution in [3.05, 3.63) is 64.2 Å². The fraction of sp³-hybridized carbons (Fsp3) is 0. The van der Waals surface area contributed by atoms with Crippen molar-refractivity contribution in [3.8, 4) is 6.07 Å². The number of hydrogen-bond donors (Lipinski definition) is 1. The van der Waals surface area contributed by atoms with Gasteiger partial charge in [0.25, 0.3) is 5.69 Å². The van der Waals surface area contributed by atoms with Crippen LogP contribution < -0.4 is 5.32 Å². The molecule has 5 nitrogen and oxygen atoms in total. The molecule has 88 valence electrons. The first-order valence-corrected chi connectivity index (χ1v) is 5.21. The zero-order chi connectivity index (χ0) is 13.0. The van der Waals surface area contributed by atoms with Gasteiger partial charge in [0.15, 0.2) is 0 Å². The first kappa shape index (κ1) is 11.6. The highest BCUT2D eigenvalue weighted by Gasteiger charge is 2.05. The molecule has 0 fully saturated rings. The molecule has 0 atom stereocenters. The highest BCUT2D eigenvalue weighted by atomic mass is 16.6. The van der Waals surface area contributed by atoms with Crippen LogP contribution in [0.25, 0.3) is 0 Å².